The lowest BCUT2D eigenvalue weighted by molar-refractivity contribution is 0.0958. The third-order valence-electron chi connectivity index (χ3n) is 1.42. The number of nitrogens with zero attached hydrogens (tertiary/aromatic N) is 1. The number of carbonyl (C=O) groups excluding carboxylic acids is 1. The van der Waals surface area contributed by atoms with Gasteiger partial charge >= 0.3 is 0 Å². The number of halogens is 1. The average Bonchev–Trinajstić information content (AvgIpc) is 2.15. The van der Waals surface area contributed by atoms with E-state index in [0.29, 0.717) is 17.1 Å². The van der Waals surface area contributed by atoms with Gasteiger partial charge in [0.05, 0.1) is 10.6 Å². The van der Waals surface area contributed by atoms with E-state index in [4.69, 9.17) is 11.6 Å². The van der Waals surface area contributed by atoms with Crippen molar-refractivity contribution in [3.63, 3.8) is 0 Å². The van der Waals surface area contributed by atoms with Crippen molar-refractivity contribution in [3.05, 3.63) is 41.7 Å². The molecule has 0 saturated carbocycles. The first kappa shape index (κ1) is 9.74. The summed E-state index contributed by atoms with van der Waals surface area (Å²) in [7, 11) is 0. The summed E-state index contributed by atoms with van der Waals surface area (Å²) < 4.78 is 0. The Kier molecular flexibility index (Phi) is 3.46. The molecular formula is C9H9ClN2O. The molecule has 0 saturated heterocycles. The SMILES string of the molecule is C=CCNC(=O)c1ccncc1Cl. The van der Waals surface area contributed by atoms with Crippen LogP contribution in [0.15, 0.2) is 31.1 Å². The molecular weight excluding hydrogens is 188 g/mol. The van der Waals surface area contributed by atoms with E-state index in [2.05, 4.69) is 16.9 Å². The van der Waals surface area contributed by atoms with Gasteiger partial charge < -0.3 is 5.32 Å². The number of hydrogen-bond acceptors (Lipinski definition) is 2. The second-order valence-electron chi connectivity index (χ2n) is 2.35. The molecule has 68 valence electrons. The number of amides is 1. The summed E-state index contributed by atoms with van der Waals surface area (Å²) in [5, 5.41) is 2.97. The van der Waals surface area contributed by atoms with Gasteiger partial charge in [0.2, 0.25) is 0 Å². The number of nitrogens with one attached hydrogen (secondary N) is 1. The minimum atomic E-state index is -0.215. The summed E-state index contributed by atoms with van der Waals surface area (Å²) in [6.45, 7) is 3.92. The van der Waals surface area contributed by atoms with Crippen LogP contribution in [0.3, 0.4) is 0 Å². The molecule has 0 aromatic carbocycles. The Balaban J connectivity index is 2.76. The van der Waals surface area contributed by atoms with Crippen molar-refractivity contribution in [2.24, 2.45) is 0 Å². The summed E-state index contributed by atoms with van der Waals surface area (Å²) in [5.41, 5.74) is 0.429. The molecule has 1 rings (SSSR count). The van der Waals surface area contributed by atoms with Gasteiger partial charge in [-0.05, 0) is 6.07 Å². The number of pyridine rings is 1. The topological polar surface area (TPSA) is 42.0 Å². The van der Waals surface area contributed by atoms with Gasteiger partial charge in [-0.15, -0.1) is 6.58 Å². The van der Waals surface area contributed by atoms with Crippen LogP contribution < -0.4 is 5.32 Å². The zero-order valence-corrected chi connectivity index (χ0v) is 7.71. The lowest BCUT2D eigenvalue weighted by Gasteiger charge is -2.02. The van der Waals surface area contributed by atoms with Crippen LogP contribution in [-0.4, -0.2) is 17.4 Å². The first-order chi connectivity index (χ1) is 6.25. The zero-order chi connectivity index (χ0) is 9.68. The Morgan fingerprint density at radius 3 is 3.15 bits per heavy atom. The van der Waals surface area contributed by atoms with Crippen molar-refractivity contribution in [1.29, 1.82) is 0 Å². The van der Waals surface area contributed by atoms with E-state index in [9.17, 15) is 4.79 Å². The Hall–Kier alpha value is -1.35. The summed E-state index contributed by atoms with van der Waals surface area (Å²) in [5.74, 6) is -0.215. The molecule has 1 aromatic heterocycles. The smallest absolute Gasteiger partial charge is 0.253 e. The summed E-state index contributed by atoms with van der Waals surface area (Å²) in [6.07, 6.45) is 4.56. The van der Waals surface area contributed by atoms with E-state index in [1.807, 2.05) is 0 Å². The second kappa shape index (κ2) is 4.62. The maximum absolute atomic E-state index is 11.4. The predicted molar refractivity (Wildman–Crippen MR) is 51.8 cm³/mol. The fourth-order valence-corrected chi connectivity index (χ4v) is 1.02. The molecule has 1 amide bonds. The number of rotatable bonds is 3. The molecule has 0 fully saturated rings. The van der Waals surface area contributed by atoms with Crippen molar-refractivity contribution < 1.29 is 4.79 Å². The van der Waals surface area contributed by atoms with Crippen LogP contribution in [0.1, 0.15) is 10.4 Å². The van der Waals surface area contributed by atoms with Gasteiger partial charge in [0.15, 0.2) is 0 Å². The average molecular weight is 197 g/mol. The molecule has 1 N–H and O–H groups in total. The van der Waals surface area contributed by atoms with Crippen LogP contribution in [0.25, 0.3) is 0 Å². The maximum atomic E-state index is 11.4. The molecule has 0 aliphatic carbocycles. The molecule has 1 aromatic rings. The van der Waals surface area contributed by atoms with E-state index < -0.39 is 0 Å². The lowest BCUT2D eigenvalue weighted by atomic mass is 10.2. The Morgan fingerprint density at radius 2 is 2.54 bits per heavy atom. The quantitative estimate of drug-likeness (QED) is 0.747. The van der Waals surface area contributed by atoms with Crippen molar-refractivity contribution in [1.82, 2.24) is 10.3 Å². The van der Waals surface area contributed by atoms with Crippen LogP contribution in [0.4, 0.5) is 0 Å². The third kappa shape index (κ3) is 2.56. The minimum Gasteiger partial charge on any atom is -0.349 e. The second-order valence-corrected chi connectivity index (χ2v) is 2.76. The molecule has 0 spiro atoms. The minimum absolute atomic E-state index is 0.215. The van der Waals surface area contributed by atoms with Gasteiger partial charge in [-0.3, -0.25) is 9.78 Å². The Bertz CT molecular complexity index is 325. The van der Waals surface area contributed by atoms with E-state index in [0.717, 1.165) is 0 Å². The number of carbonyl (C=O) groups is 1. The highest BCUT2D eigenvalue weighted by molar-refractivity contribution is 6.33. The molecule has 0 aliphatic rings. The molecule has 0 bridgehead atoms. The predicted octanol–water partition coefficient (Wildman–Crippen LogP) is 1.65. The lowest BCUT2D eigenvalue weighted by Crippen LogP contribution is -2.23. The molecule has 0 atom stereocenters. The fourth-order valence-electron chi connectivity index (χ4n) is 0.819. The first-order valence-electron chi connectivity index (χ1n) is 3.74. The van der Waals surface area contributed by atoms with Crippen LogP contribution in [0, 0.1) is 0 Å². The molecule has 13 heavy (non-hydrogen) atoms. The Morgan fingerprint density at radius 1 is 1.77 bits per heavy atom. The van der Waals surface area contributed by atoms with Gasteiger partial charge in [-0.1, -0.05) is 17.7 Å². The zero-order valence-electron chi connectivity index (χ0n) is 6.96. The van der Waals surface area contributed by atoms with Crippen molar-refractivity contribution in [2.45, 2.75) is 0 Å². The van der Waals surface area contributed by atoms with Gasteiger partial charge in [-0.2, -0.15) is 0 Å². The van der Waals surface area contributed by atoms with Crippen LogP contribution in [0.2, 0.25) is 5.02 Å². The van der Waals surface area contributed by atoms with Gasteiger partial charge in [0.1, 0.15) is 0 Å². The molecule has 0 radical (unpaired) electrons. The first-order valence-corrected chi connectivity index (χ1v) is 4.12. The van der Waals surface area contributed by atoms with Gasteiger partial charge in [0.25, 0.3) is 5.91 Å². The van der Waals surface area contributed by atoms with Crippen molar-refractivity contribution >= 4 is 17.5 Å². The standard InChI is InChI=1S/C9H9ClN2O/c1-2-4-12-9(13)7-3-5-11-6-8(7)10/h2-3,5-6H,1,4H2,(H,12,13). The fraction of sp³-hybridized carbons (Fsp3) is 0.111. The van der Waals surface area contributed by atoms with Gasteiger partial charge in [0, 0.05) is 18.9 Å². The van der Waals surface area contributed by atoms with E-state index >= 15 is 0 Å². The molecule has 0 unspecified atom stereocenters. The van der Waals surface area contributed by atoms with Crippen LogP contribution >= 0.6 is 11.6 Å². The van der Waals surface area contributed by atoms with Crippen molar-refractivity contribution in [3.8, 4) is 0 Å². The highest BCUT2D eigenvalue weighted by Crippen LogP contribution is 2.12. The van der Waals surface area contributed by atoms with Gasteiger partial charge in [-0.25, -0.2) is 0 Å². The van der Waals surface area contributed by atoms with Crippen molar-refractivity contribution in [2.75, 3.05) is 6.54 Å². The van der Waals surface area contributed by atoms with E-state index in [1.165, 1.54) is 12.4 Å². The third-order valence-corrected chi connectivity index (χ3v) is 1.73. The summed E-state index contributed by atoms with van der Waals surface area (Å²) >= 11 is 5.75. The highest BCUT2D eigenvalue weighted by Gasteiger charge is 2.07. The Labute approximate surface area is 81.4 Å². The van der Waals surface area contributed by atoms with Crippen LogP contribution in [-0.2, 0) is 0 Å². The van der Waals surface area contributed by atoms with E-state index in [1.54, 1.807) is 12.1 Å². The molecule has 3 nitrogen and oxygen atoms in total. The summed E-state index contributed by atoms with van der Waals surface area (Å²) in [6, 6.07) is 1.57. The molecule has 1 heterocycles. The maximum Gasteiger partial charge on any atom is 0.253 e. The number of hydrogen-bond donors (Lipinski definition) is 1. The largest absolute Gasteiger partial charge is 0.349 e. The summed E-state index contributed by atoms with van der Waals surface area (Å²) in [4.78, 5) is 15.1. The van der Waals surface area contributed by atoms with E-state index in [-0.39, 0.29) is 5.91 Å². The number of aromatic nitrogens is 1. The monoisotopic (exact) mass is 196 g/mol. The normalized spacial score (nSPS) is 9.31. The highest BCUT2D eigenvalue weighted by atomic mass is 35.5. The van der Waals surface area contributed by atoms with Crippen LogP contribution in [0.5, 0.6) is 0 Å². The molecule has 0 aliphatic heterocycles. The molecule has 4 heteroatoms.